The number of likely N-dealkylation sites (tertiary alicyclic amines) is 1. The third-order valence-corrected chi connectivity index (χ3v) is 8.34. The highest BCUT2D eigenvalue weighted by atomic mass is 35.5. The zero-order valence-corrected chi connectivity index (χ0v) is 23.5. The Kier molecular flexibility index (Phi) is 8.29. The number of nitrogen functional groups attached to an aromatic ring is 1. The predicted octanol–water partition coefficient (Wildman–Crippen LogP) is 5.33. The molecule has 1 saturated heterocycles. The number of thiazole rings is 1. The van der Waals surface area contributed by atoms with E-state index >= 15 is 0 Å². The van der Waals surface area contributed by atoms with Gasteiger partial charge in [0.05, 0.1) is 15.7 Å². The van der Waals surface area contributed by atoms with E-state index in [1.165, 1.54) is 24.2 Å². The second-order valence-electron chi connectivity index (χ2n) is 9.63. The average molecular weight is 571 g/mol. The second-order valence-corrected chi connectivity index (χ2v) is 11.6. The van der Waals surface area contributed by atoms with E-state index in [0.29, 0.717) is 51.0 Å². The zero-order valence-electron chi connectivity index (χ0n) is 21.1. The van der Waals surface area contributed by atoms with Crippen LogP contribution in [-0.4, -0.2) is 55.6 Å². The number of nitriles is 1. The van der Waals surface area contributed by atoms with E-state index in [2.05, 4.69) is 28.2 Å². The lowest BCUT2D eigenvalue weighted by Crippen LogP contribution is -2.34. The van der Waals surface area contributed by atoms with Crippen LogP contribution >= 0.6 is 34.5 Å². The summed E-state index contributed by atoms with van der Waals surface area (Å²) in [5, 5.41) is 19.2. The third-order valence-electron chi connectivity index (χ3n) is 6.75. The van der Waals surface area contributed by atoms with Gasteiger partial charge in [-0.25, -0.2) is 15.0 Å². The zero-order chi connectivity index (χ0) is 26.6. The first-order valence-electron chi connectivity index (χ1n) is 12.7. The fourth-order valence-electron chi connectivity index (χ4n) is 4.54. The van der Waals surface area contributed by atoms with Gasteiger partial charge in [0.25, 0.3) is 0 Å². The fraction of sp³-hybridized carbons (Fsp3) is 0.423. The first kappa shape index (κ1) is 26.6. The molecule has 1 aliphatic heterocycles. The predicted molar refractivity (Wildman–Crippen MR) is 153 cm³/mol. The summed E-state index contributed by atoms with van der Waals surface area (Å²) in [5.41, 5.74) is 7.97. The molecule has 0 atom stereocenters. The Balaban J connectivity index is 1.35. The Bertz CT molecular complexity index is 1470. The molecule has 38 heavy (non-hydrogen) atoms. The molecule has 0 radical (unpaired) electrons. The number of nitrogens with two attached hydrogens (primary N) is 1. The maximum absolute atomic E-state index is 9.12. The highest BCUT2D eigenvalue weighted by molar-refractivity contribution is 7.12. The summed E-state index contributed by atoms with van der Waals surface area (Å²) < 4.78 is 1.76. The summed E-state index contributed by atoms with van der Waals surface area (Å²) in [5.74, 6) is 2.48. The molecule has 4 heterocycles. The molecule has 0 saturated carbocycles. The van der Waals surface area contributed by atoms with Gasteiger partial charge in [0.2, 0.25) is 5.95 Å². The summed E-state index contributed by atoms with van der Waals surface area (Å²) in [7, 11) is 0. The number of benzene rings is 1. The number of anilines is 2. The van der Waals surface area contributed by atoms with Crippen LogP contribution in [-0.2, 0) is 12.8 Å². The Morgan fingerprint density at radius 1 is 1.16 bits per heavy atom. The SMILES string of the molecule is CC1CCN(CCc2nc3cc(-c4ccc(Cl)cc4Cl)nc(NCCCc4nc(N)c(C#N)s4)n3n2)CC1. The molecule has 9 nitrogen and oxygen atoms in total. The molecule has 1 fully saturated rings. The lowest BCUT2D eigenvalue weighted by atomic mass is 9.99. The molecule has 12 heteroatoms. The van der Waals surface area contributed by atoms with E-state index in [-0.39, 0.29) is 0 Å². The van der Waals surface area contributed by atoms with Gasteiger partial charge in [0.15, 0.2) is 17.3 Å². The molecule has 3 N–H and O–H groups in total. The number of fused-ring (bicyclic) bond motifs is 1. The second kappa shape index (κ2) is 11.8. The topological polar surface area (TPSA) is 121 Å². The standard InChI is InChI=1S/C26H29Cl2N9S/c1-16-6-10-36(11-7-16)12-8-22-33-23-14-20(18-5-4-17(27)13-19(18)28)32-26(37(23)35-22)31-9-2-3-24-34-25(30)21(15-29)38-24/h4-5,13-14,16H,2-3,6-12,30H2,1H3,(H,31,32). The number of hydrogen-bond donors (Lipinski definition) is 2. The van der Waals surface area contributed by atoms with Crippen LogP contribution in [0.25, 0.3) is 16.9 Å². The van der Waals surface area contributed by atoms with Crippen molar-refractivity contribution in [1.29, 1.82) is 5.26 Å². The van der Waals surface area contributed by atoms with E-state index < -0.39 is 0 Å². The minimum atomic E-state index is 0.297. The number of aryl methyl sites for hydroxylation is 1. The molecule has 5 rings (SSSR count). The van der Waals surface area contributed by atoms with Crippen LogP contribution in [0.15, 0.2) is 24.3 Å². The van der Waals surface area contributed by atoms with Crippen molar-refractivity contribution in [2.24, 2.45) is 5.92 Å². The Labute approximate surface area is 235 Å². The van der Waals surface area contributed by atoms with Crippen molar-refractivity contribution >= 4 is 52.0 Å². The summed E-state index contributed by atoms with van der Waals surface area (Å²) in [6.07, 6.45) is 4.74. The van der Waals surface area contributed by atoms with Gasteiger partial charge in [0, 0.05) is 42.6 Å². The van der Waals surface area contributed by atoms with E-state index in [1.54, 1.807) is 16.6 Å². The molecule has 3 aromatic heterocycles. The van der Waals surface area contributed by atoms with Crippen LogP contribution in [0.5, 0.6) is 0 Å². The van der Waals surface area contributed by atoms with Gasteiger partial charge in [-0.05, 0) is 56.5 Å². The highest BCUT2D eigenvalue weighted by Crippen LogP contribution is 2.31. The third kappa shape index (κ3) is 6.18. The van der Waals surface area contributed by atoms with Gasteiger partial charge in [-0.1, -0.05) is 30.1 Å². The van der Waals surface area contributed by atoms with Crippen LogP contribution in [0.1, 0.15) is 41.9 Å². The van der Waals surface area contributed by atoms with E-state index in [4.69, 9.17) is 49.3 Å². The molecule has 0 aliphatic carbocycles. The highest BCUT2D eigenvalue weighted by Gasteiger charge is 2.18. The summed E-state index contributed by atoms with van der Waals surface area (Å²) in [6.45, 7) is 6.15. The average Bonchev–Trinajstić information content (AvgIpc) is 3.48. The number of hydrogen-bond acceptors (Lipinski definition) is 9. The van der Waals surface area contributed by atoms with Crippen molar-refractivity contribution in [3.63, 3.8) is 0 Å². The number of nitrogens with zero attached hydrogens (tertiary/aromatic N) is 7. The van der Waals surface area contributed by atoms with Gasteiger partial charge in [0.1, 0.15) is 10.9 Å². The van der Waals surface area contributed by atoms with E-state index in [9.17, 15) is 0 Å². The van der Waals surface area contributed by atoms with Crippen LogP contribution in [0.4, 0.5) is 11.8 Å². The number of rotatable bonds is 9. The first-order chi connectivity index (χ1) is 18.4. The maximum atomic E-state index is 9.12. The minimum absolute atomic E-state index is 0.297. The van der Waals surface area contributed by atoms with Crippen molar-refractivity contribution in [2.45, 2.75) is 39.0 Å². The van der Waals surface area contributed by atoms with Crippen LogP contribution in [0, 0.1) is 17.2 Å². The molecule has 4 aromatic rings. The molecule has 198 valence electrons. The minimum Gasteiger partial charge on any atom is -0.382 e. The lowest BCUT2D eigenvalue weighted by molar-refractivity contribution is 0.193. The Morgan fingerprint density at radius 3 is 2.71 bits per heavy atom. The quantitative estimate of drug-likeness (QED) is 0.259. The van der Waals surface area contributed by atoms with Crippen molar-refractivity contribution in [3.8, 4) is 17.3 Å². The molecule has 0 unspecified atom stereocenters. The van der Waals surface area contributed by atoms with Gasteiger partial charge < -0.3 is 16.0 Å². The molecular formula is C26H29Cl2N9S. The van der Waals surface area contributed by atoms with E-state index in [0.717, 1.165) is 54.8 Å². The molecule has 1 aliphatic rings. The first-order valence-corrected chi connectivity index (χ1v) is 14.3. The van der Waals surface area contributed by atoms with Gasteiger partial charge in [-0.2, -0.15) is 9.78 Å². The summed E-state index contributed by atoms with van der Waals surface area (Å²) in [6, 6.07) is 9.36. The summed E-state index contributed by atoms with van der Waals surface area (Å²) in [4.78, 5) is 16.9. The van der Waals surface area contributed by atoms with Crippen LogP contribution in [0.2, 0.25) is 10.0 Å². The lowest BCUT2D eigenvalue weighted by Gasteiger charge is -2.29. The molecular weight excluding hydrogens is 541 g/mol. The van der Waals surface area contributed by atoms with Gasteiger partial charge in [-0.15, -0.1) is 16.4 Å². The monoisotopic (exact) mass is 569 g/mol. The van der Waals surface area contributed by atoms with Crippen molar-refractivity contribution in [1.82, 2.24) is 29.5 Å². The number of halogens is 2. The molecule has 0 bridgehead atoms. The molecule has 0 spiro atoms. The van der Waals surface area contributed by atoms with Gasteiger partial charge >= 0.3 is 0 Å². The normalized spacial score (nSPS) is 14.7. The smallest absolute Gasteiger partial charge is 0.226 e. The van der Waals surface area contributed by atoms with E-state index in [1.807, 2.05) is 12.1 Å². The Morgan fingerprint density at radius 2 is 1.97 bits per heavy atom. The molecule has 0 amide bonds. The number of nitrogens with one attached hydrogen (secondary N) is 1. The summed E-state index contributed by atoms with van der Waals surface area (Å²) >= 11 is 14.0. The number of piperidine rings is 1. The largest absolute Gasteiger partial charge is 0.382 e. The van der Waals surface area contributed by atoms with Crippen LogP contribution in [0.3, 0.4) is 0 Å². The van der Waals surface area contributed by atoms with Crippen molar-refractivity contribution in [2.75, 3.05) is 37.2 Å². The fourth-order valence-corrected chi connectivity index (χ4v) is 5.87. The number of aromatic nitrogens is 5. The van der Waals surface area contributed by atoms with Crippen molar-refractivity contribution < 1.29 is 0 Å². The van der Waals surface area contributed by atoms with Crippen LogP contribution < -0.4 is 11.1 Å². The van der Waals surface area contributed by atoms with Crippen molar-refractivity contribution in [3.05, 3.63) is 50.0 Å². The maximum Gasteiger partial charge on any atom is 0.226 e. The Hall–Kier alpha value is -2.97. The molecule has 1 aromatic carbocycles. The van der Waals surface area contributed by atoms with Gasteiger partial charge in [-0.3, -0.25) is 0 Å².